The summed E-state index contributed by atoms with van der Waals surface area (Å²) < 4.78 is 27.5. The van der Waals surface area contributed by atoms with Crippen molar-refractivity contribution in [3.05, 3.63) is 29.1 Å². The first-order valence-corrected chi connectivity index (χ1v) is 7.70. The molecular formula is C12H15N3O3S. The molecule has 0 saturated heterocycles. The third-order valence-corrected chi connectivity index (χ3v) is 3.56. The molecule has 0 unspecified atom stereocenters. The van der Waals surface area contributed by atoms with Gasteiger partial charge in [0.1, 0.15) is 5.75 Å². The van der Waals surface area contributed by atoms with Gasteiger partial charge in [0.2, 0.25) is 0 Å². The van der Waals surface area contributed by atoms with Crippen LogP contribution in [-0.4, -0.2) is 24.8 Å². The third kappa shape index (κ3) is 3.11. The van der Waals surface area contributed by atoms with E-state index in [4.69, 9.17) is 10.3 Å². The molecule has 2 rings (SSSR count). The lowest BCUT2D eigenvalue weighted by Crippen LogP contribution is -2.02. The van der Waals surface area contributed by atoms with Crippen LogP contribution in [0, 0.1) is 13.8 Å². The molecule has 2 aromatic rings. The van der Waals surface area contributed by atoms with E-state index in [9.17, 15) is 8.42 Å². The summed E-state index contributed by atoms with van der Waals surface area (Å²) in [7, 11) is -3.18. The number of nitrogens with two attached hydrogens (primary N) is 1. The molecule has 1 heterocycles. The van der Waals surface area contributed by atoms with E-state index in [0.717, 1.165) is 22.9 Å². The van der Waals surface area contributed by atoms with Crippen LogP contribution in [0.3, 0.4) is 0 Å². The highest BCUT2D eigenvalue weighted by Gasteiger charge is 2.16. The van der Waals surface area contributed by atoms with E-state index >= 15 is 0 Å². The van der Waals surface area contributed by atoms with Crippen molar-refractivity contribution in [2.45, 2.75) is 19.6 Å². The van der Waals surface area contributed by atoms with Gasteiger partial charge < -0.3 is 10.3 Å². The molecule has 0 saturated carbocycles. The van der Waals surface area contributed by atoms with Crippen LogP contribution in [-0.2, 0) is 15.6 Å². The second-order valence-electron chi connectivity index (χ2n) is 4.60. The lowest BCUT2D eigenvalue weighted by molar-refractivity contribution is 0.424. The largest absolute Gasteiger partial charge is 0.399 e. The number of nitrogens with zero attached hydrogens (tertiary/aromatic N) is 2. The van der Waals surface area contributed by atoms with Gasteiger partial charge in [0, 0.05) is 17.5 Å². The van der Waals surface area contributed by atoms with Crippen molar-refractivity contribution < 1.29 is 12.9 Å². The number of aryl methyl sites for hydroxylation is 1. The zero-order valence-electron chi connectivity index (χ0n) is 11.0. The summed E-state index contributed by atoms with van der Waals surface area (Å²) in [5, 5.41) is 3.67. The van der Waals surface area contributed by atoms with Crippen molar-refractivity contribution in [2.24, 2.45) is 0 Å². The number of rotatable bonds is 3. The molecule has 0 bridgehead atoms. The second-order valence-corrected chi connectivity index (χ2v) is 6.74. The predicted octanol–water partition coefficient (Wildman–Crippen LogP) is 1.48. The minimum atomic E-state index is -3.18. The van der Waals surface area contributed by atoms with Gasteiger partial charge in [0.25, 0.3) is 5.89 Å². The van der Waals surface area contributed by atoms with Gasteiger partial charge in [-0.25, -0.2) is 8.42 Å². The van der Waals surface area contributed by atoms with Gasteiger partial charge in [-0.1, -0.05) is 5.16 Å². The maximum Gasteiger partial charge on any atom is 0.258 e. The summed E-state index contributed by atoms with van der Waals surface area (Å²) >= 11 is 0. The second kappa shape index (κ2) is 4.65. The number of aromatic nitrogens is 2. The van der Waals surface area contributed by atoms with E-state index in [1.807, 2.05) is 19.9 Å². The molecule has 0 atom stereocenters. The molecule has 0 aliphatic carbocycles. The number of hydrogen-bond donors (Lipinski definition) is 1. The first kappa shape index (κ1) is 13.5. The molecule has 7 heteroatoms. The van der Waals surface area contributed by atoms with Crippen molar-refractivity contribution in [1.29, 1.82) is 0 Å². The van der Waals surface area contributed by atoms with E-state index in [1.54, 1.807) is 6.07 Å². The highest BCUT2D eigenvalue weighted by molar-refractivity contribution is 7.89. The Kier molecular flexibility index (Phi) is 3.32. The molecule has 0 aliphatic rings. The van der Waals surface area contributed by atoms with E-state index in [2.05, 4.69) is 10.1 Å². The topological polar surface area (TPSA) is 99.1 Å². The van der Waals surface area contributed by atoms with Crippen LogP contribution in [0.2, 0.25) is 0 Å². The normalized spacial score (nSPS) is 11.7. The van der Waals surface area contributed by atoms with Crippen LogP contribution in [0.1, 0.15) is 17.0 Å². The standard InChI is InChI=1S/C12H15N3O3S/c1-7-4-9(13)5-10(8(7)2)12-14-11(15-18-12)6-19(3,16)17/h4-5H,6,13H2,1-3H3. The van der Waals surface area contributed by atoms with Gasteiger partial charge in [-0.15, -0.1) is 0 Å². The average Bonchev–Trinajstić information content (AvgIpc) is 2.69. The van der Waals surface area contributed by atoms with Gasteiger partial charge >= 0.3 is 0 Å². The Morgan fingerprint density at radius 2 is 2.00 bits per heavy atom. The first-order chi connectivity index (χ1) is 8.76. The Labute approximate surface area is 111 Å². The molecule has 0 radical (unpaired) electrons. The highest BCUT2D eigenvalue weighted by atomic mass is 32.2. The quantitative estimate of drug-likeness (QED) is 0.855. The summed E-state index contributed by atoms with van der Waals surface area (Å²) in [6.45, 7) is 3.85. The fraction of sp³-hybridized carbons (Fsp3) is 0.333. The number of nitrogen functional groups attached to an aromatic ring is 1. The first-order valence-electron chi connectivity index (χ1n) is 5.63. The molecule has 1 aromatic heterocycles. The monoisotopic (exact) mass is 281 g/mol. The van der Waals surface area contributed by atoms with Crippen LogP contribution >= 0.6 is 0 Å². The fourth-order valence-electron chi connectivity index (χ4n) is 1.77. The van der Waals surface area contributed by atoms with Crippen LogP contribution < -0.4 is 5.73 Å². The summed E-state index contributed by atoms with van der Waals surface area (Å²) in [6.07, 6.45) is 1.12. The molecule has 0 aliphatic heterocycles. The van der Waals surface area contributed by atoms with Crippen molar-refractivity contribution >= 4 is 15.5 Å². The molecule has 19 heavy (non-hydrogen) atoms. The molecule has 2 N–H and O–H groups in total. The van der Waals surface area contributed by atoms with Gasteiger partial charge in [-0.05, 0) is 37.1 Å². The number of hydrogen-bond acceptors (Lipinski definition) is 6. The molecule has 102 valence electrons. The van der Waals surface area contributed by atoms with Gasteiger partial charge in [0.15, 0.2) is 15.7 Å². The van der Waals surface area contributed by atoms with Gasteiger partial charge in [0.05, 0.1) is 0 Å². The fourth-order valence-corrected chi connectivity index (χ4v) is 2.35. The minimum Gasteiger partial charge on any atom is -0.399 e. The average molecular weight is 281 g/mol. The zero-order valence-corrected chi connectivity index (χ0v) is 11.8. The molecule has 6 nitrogen and oxygen atoms in total. The van der Waals surface area contributed by atoms with Crippen LogP contribution in [0.15, 0.2) is 16.7 Å². The van der Waals surface area contributed by atoms with Crippen LogP contribution in [0.5, 0.6) is 0 Å². The SMILES string of the molecule is Cc1cc(N)cc(-c2nc(CS(C)(=O)=O)no2)c1C. The molecule has 0 fully saturated rings. The highest BCUT2D eigenvalue weighted by Crippen LogP contribution is 2.27. The van der Waals surface area contributed by atoms with E-state index in [0.29, 0.717) is 5.69 Å². The smallest absolute Gasteiger partial charge is 0.258 e. The third-order valence-electron chi connectivity index (χ3n) is 2.78. The number of sulfone groups is 1. The molecule has 1 aromatic carbocycles. The number of anilines is 1. The molecular weight excluding hydrogens is 266 g/mol. The summed E-state index contributed by atoms with van der Waals surface area (Å²) in [5.41, 5.74) is 9.10. The van der Waals surface area contributed by atoms with E-state index in [1.165, 1.54) is 0 Å². The minimum absolute atomic E-state index is 0.150. The van der Waals surface area contributed by atoms with Crippen molar-refractivity contribution in [2.75, 3.05) is 12.0 Å². The molecule has 0 amide bonds. The van der Waals surface area contributed by atoms with Gasteiger partial charge in [-0.2, -0.15) is 4.98 Å². The van der Waals surface area contributed by atoms with E-state index in [-0.39, 0.29) is 17.5 Å². The Bertz CT molecular complexity index is 720. The van der Waals surface area contributed by atoms with Crippen molar-refractivity contribution in [3.63, 3.8) is 0 Å². The van der Waals surface area contributed by atoms with E-state index < -0.39 is 9.84 Å². The predicted molar refractivity (Wildman–Crippen MR) is 72.2 cm³/mol. The molecule has 0 spiro atoms. The van der Waals surface area contributed by atoms with Crippen molar-refractivity contribution in [3.8, 4) is 11.5 Å². The number of benzene rings is 1. The summed E-state index contributed by atoms with van der Waals surface area (Å²) in [6, 6.07) is 3.59. The Morgan fingerprint density at radius 3 is 2.63 bits per heavy atom. The Hall–Kier alpha value is -1.89. The van der Waals surface area contributed by atoms with Crippen LogP contribution in [0.4, 0.5) is 5.69 Å². The lowest BCUT2D eigenvalue weighted by Gasteiger charge is -2.06. The van der Waals surface area contributed by atoms with Gasteiger partial charge in [-0.3, -0.25) is 0 Å². The maximum atomic E-state index is 11.2. The lowest BCUT2D eigenvalue weighted by atomic mass is 10.0. The van der Waals surface area contributed by atoms with Crippen molar-refractivity contribution in [1.82, 2.24) is 10.1 Å². The summed E-state index contributed by atoms with van der Waals surface area (Å²) in [5.74, 6) is 0.195. The maximum absolute atomic E-state index is 11.2. The summed E-state index contributed by atoms with van der Waals surface area (Å²) in [4.78, 5) is 4.10. The Morgan fingerprint density at radius 1 is 1.32 bits per heavy atom. The zero-order chi connectivity index (χ0) is 14.2. The van der Waals surface area contributed by atoms with Crippen LogP contribution in [0.25, 0.3) is 11.5 Å². The Balaban J connectivity index is 2.44.